The van der Waals surface area contributed by atoms with Gasteiger partial charge in [0.15, 0.2) is 0 Å². The predicted molar refractivity (Wildman–Crippen MR) is 99.7 cm³/mol. The molecule has 0 aliphatic carbocycles. The largest absolute Gasteiger partial charge is 0.466 e. The molecule has 1 amide bonds. The zero-order chi connectivity index (χ0) is 19.5. The zero-order valence-electron chi connectivity index (χ0n) is 15.7. The number of ether oxygens (including phenoxy) is 1. The van der Waals surface area contributed by atoms with Crippen LogP contribution in [0, 0.1) is 12.8 Å². The molecule has 2 rings (SSSR count). The van der Waals surface area contributed by atoms with Crippen molar-refractivity contribution in [2.75, 3.05) is 37.3 Å². The van der Waals surface area contributed by atoms with Crippen LogP contribution in [0.15, 0.2) is 18.2 Å². The lowest BCUT2D eigenvalue weighted by atomic mass is 9.96. The molecule has 1 aliphatic heterocycles. The Morgan fingerprint density at radius 2 is 1.88 bits per heavy atom. The maximum absolute atomic E-state index is 12.9. The summed E-state index contributed by atoms with van der Waals surface area (Å²) >= 11 is 0. The molecule has 144 valence electrons. The quantitative estimate of drug-likeness (QED) is 0.725. The number of benzene rings is 1. The molecular weight excluding hydrogens is 356 g/mol. The lowest BCUT2D eigenvalue weighted by Gasteiger charge is -2.31. The Kier molecular flexibility index (Phi) is 6.28. The molecule has 1 aliphatic rings. The van der Waals surface area contributed by atoms with Gasteiger partial charge in [-0.2, -0.15) is 0 Å². The molecule has 0 saturated carbocycles. The monoisotopic (exact) mass is 382 g/mol. The number of piperidine rings is 1. The van der Waals surface area contributed by atoms with Gasteiger partial charge >= 0.3 is 5.97 Å². The predicted octanol–water partition coefficient (Wildman–Crippen LogP) is 1.81. The van der Waals surface area contributed by atoms with E-state index in [1.807, 2.05) is 0 Å². The third kappa shape index (κ3) is 4.35. The molecule has 0 bridgehead atoms. The van der Waals surface area contributed by atoms with Crippen molar-refractivity contribution in [1.29, 1.82) is 0 Å². The van der Waals surface area contributed by atoms with Gasteiger partial charge in [0.1, 0.15) is 0 Å². The lowest BCUT2D eigenvalue weighted by Crippen LogP contribution is -2.41. The Balaban J connectivity index is 2.15. The van der Waals surface area contributed by atoms with Gasteiger partial charge in [-0.05, 0) is 44.4 Å². The van der Waals surface area contributed by atoms with E-state index in [4.69, 9.17) is 4.74 Å². The third-order valence-corrected chi connectivity index (χ3v) is 5.97. The Morgan fingerprint density at radius 3 is 2.42 bits per heavy atom. The number of rotatable bonds is 5. The van der Waals surface area contributed by atoms with Crippen LogP contribution in [-0.4, -0.2) is 58.2 Å². The summed E-state index contributed by atoms with van der Waals surface area (Å²) in [7, 11) is -1.94. The normalized spacial score (nSPS) is 15.6. The number of hydrogen-bond donors (Lipinski definition) is 0. The van der Waals surface area contributed by atoms with Crippen LogP contribution in [0.2, 0.25) is 0 Å². The first-order valence-electron chi connectivity index (χ1n) is 8.66. The number of amides is 1. The fourth-order valence-electron chi connectivity index (χ4n) is 3.12. The maximum atomic E-state index is 12.9. The van der Waals surface area contributed by atoms with E-state index in [9.17, 15) is 18.0 Å². The van der Waals surface area contributed by atoms with E-state index in [0.29, 0.717) is 49.4 Å². The maximum Gasteiger partial charge on any atom is 0.309 e. The van der Waals surface area contributed by atoms with Gasteiger partial charge in [-0.1, -0.05) is 6.07 Å². The Labute approximate surface area is 155 Å². The number of sulfonamides is 1. The van der Waals surface area contributed by atoms with Gasteiger partial charge in [0.25, 0.3) is 5.91 Å². The van der Waals surface area contributed by atoms with Crippen molar-refractivity contribution in [2.45, 2.75) is 26.7 Å². The number of carbonyl (C=O) groups is 2. The van der Waals surface area contributed by atoms with E-state index in [-0.39, 0.29) is 17.8 Å². The van der Waals surface area contributed by atoms with Gasteiger partial charge in [0, 0.05) is 25.7 Å². The minimum Gasteiger partial charge on any atom is -0.466 e. The summed E-state index contributed by atoms with van der Waals surface area (Å²) in [5.74, 6) is -0.510. The molecule has 1 saturated heterocycles. The minimum absolute atomic E-state index is 0.145. The van der Waals surface area contributed by atoms with Crippen molar-refractivity contribution < 1.29 is 22.7 Å². The fraction of sp³-hybridized carbons (Fsp3) is 0.556. The third-order valence-electron chi connectivity index (χ3n) is 4.77. The summed E-state index contributed by atoms with van der Waals surface area (Å²) in [6, 6.07) is 5.07. The highest BCUT2D eigenvalue weighted by atomic mass is 32.2. The molecule has 1 heterocycles. The first-order valence-corrected chi connectivity index (χ1v) is 10.5. The van der Waals surface area contributed by atoms with Crippen molar-refractivity contribution in [1.82, 2.24) is 4.90 Å². The number of carbonyl (C=O) groups excluding carboxylic acids is 2. The average Bonchev–Trinajstić information content (AvgIpc) is 2.60. The molecule has 7 nitrogen and oxygen atoms in total. The van der Waals surface area contributed by atoms with Crippen molar-refractivity contribution in [3.8, 4) is 0 Å². The molecule has 1 aromatic rings. The molecule has 0 unspecified atom stereocenters. The second kappa shape index (κ2) is 8.07. The van der Waals surface area contributed by atoms with E-state index in [1.54, 1.807) is 36.9 Å². The molecule has 1 fully saturated rings. The van der Waals surface area contributed by atoms with Crippen LogP contribution in [0.5, 0.6) is 0 Å². The van der Waals surface area contributed by atoms with Crippen molar-refractivity contribution in [2.24, 2.45) is 5.92 Å². The molecule has 0 N–H and O–H groups in total. The van der Waals surface area contributed by atoms with Gasteiger partial charge < -0.3 is 9.64 Å². The molecule has 8 heteroatoms. The van der Waals surface area contributed by atoms with Gasteiger partial charge in [0.05, 0.1) is 24.5 Å². The summed E-state index contributed by atoms with van der Waals surface area (Å²) in [5, 5.41) is 0. The smallest absolute Gasteiger partial charge is 0.309 e. The number of hydrogen-bond acceptors (Lipinski definition) is 5. The molecule has 0 radical (unpaired) electrons. The number of anilines is 1. The van der Waals surface area contributed by atoms with Crippen LogP contribution < -0.4 is 4.31 Å². The van der Waals surface area contributed by atoms with Crippen molar-refractivity contribution in [3.63, 3.8) is 0 Å². The Morgan fingerprint density at radius 1 is 1.27 bits per heavy atom. The second-order valence-electron chi connectivity index (χ2n) is 6.50. The molecule has 0 aromatic heterocycles. The first kappa shape index (κ1) is 20.2. The highest BCUT2D eigenvalue weighted by molar-refractivity contribution is 7.92. The number of nitrogens with zero attached hydrogens (tertiary/aromatic N) is 2. The van der Waals surface area contributed by atoms with Crippen molar-refractivity contribution in [3.05, 3.63) is 29.3 Å². The van der Waals surface area contributed by atoms with Gasteiger partial charge in [-0.25, -0.2) is 8.42 Å². The van der Waals surface area contributed by atoms with E-state index >= 15 is 0 Å². The Hall–Kier alpha value is -2.09. The van der Waals surface area contributed by atoms with Gasteiger partial charge in [-0.3, -0.25) is 13.9 Å². The van der Waals surface area contributed by atoms with Crippen LogP contribution in [0.1, 0.15) is 35.7 Å². The fourth-order valence-corrected chi connectivity index (χ4v) is 3.68. The first-order chi connectivity index (χ1) is 12.2. The number of likely N-dealkylation sites (tertiary alicyclic amines) is 1. The summed E-state index contributed by atoms with van der Waals surface area (Å²) in [4.78, 5) is 26.4. The van der Waals surface area contributed by atoms with Crippen LogP contribution >= 0.6 is 0 Å². The highest BCUT2D eigenvalue weighted by Gasteiger charge is 2.29. The Bertz CT molecular complexity index is 783. The summed E-state index contributed by atoms with van der Waals surface area (Å²) < 4.78 is 29.8. The highest BCUT2D eigenvalue weighted by Crippen LogP contribution is 2.27. The zero-order valence-corrected chi connectivity index (χ0v) is 16.5. The van der Waals surface area contributed by atoms with Crippen LogP contribution in [0.25, 0.3) is 0 Å². The van der Waals surface area contributed by atoms with Gasteiger partial charge in [0.2, 0.25) is 10.0 Å². The van der Waals surface area contributed by atoms with Crippen LogP contribution in [0.4, 0.5) is 5.69 Å². The van der Waals surface area contributed by atoms with E-state index in [0.717, 1.165) is 6.26 Å². The van der Waals surface area contributed by atoms with E-state index in [2.05, 4.69) is 0 Å². The molecule has 0 spiro atoms. The van der Waals surface area contributed by atoms with E-state index < -0.39 is 10.0 Å². The summed E-state index contributed by atoms with van der Waals surface area (Å²) in [5.41, 5.74) is 1.59. The van der Waals surface area contributed by atoms with Crippen LogP contribution in [0.3, 0.4) is 0 Å². The summed E-state index contributed by atoms with van der Waals surface area (Å²) in [6.07, 6.45) is 2.28. The number of esters is 1. The molecule has 26 heavy (non-hydrogen) atoms. The molecule has 1 aromatic carbocycles. The lowest BCUT2D eigenvalue weighted by molar-refractivity contribution is -0.149. The minimum atomic E-state index is -3.41. The second-order valence-corrected chi connectivity index (χ2v) is 8.51. The molecular formula is C18H26N2O5S. The van der Waals surface area contributed by atoms with Gasteiger partial charge in [-0.15, -0.1) is 0 Å². The molecule has 0 atom stereocenters. The summed E-state index contributed by atoms with van der Waals surface area (Å²) in [6.45, 7) is 4.84. The average molecular weight is 382 g/mol. The standard InChI is InChI=1S/C18H26N2O5S/c1-5-25-18(22)14-9-11-20(12-10-14)17(21)15-7-6-8-16(13(15)2)19(3)26(4,23)24/h6-8,14H,5,9-12H2,1-4H3. The van der Waals surface area contributed by atoms with Crippen molar-refractivity contribution >= 4 is 27.6 Å². The van der Waals surface area contributed by atoms with E-state index in [1.165, 1.54) is 11.4 Å². The SMILES string of the molecule is CCOC(=O)C1CCN(C(=O)c2cccc(N(C)S(C)(=O)=O)c2C)CC1. The van der Waals surface area contributed by atoms with Crippen LogP contribution in [-0.2, 0) is 19.6 Å². The topological polar surface area (TPSA) is 84.0 Å².